The molecule has 3 N–H and O–H groups in total. The number of imide groups is 1. The molecule has 0 radical (unpaired) electrons. The number of aromatic amines is 1. The van der Waals surface area contributed by atoms with Crippen LogP contribution in [0.2, 0.25) is 0 Å². The number of aliphatic hydroxyl groups is 1. The van der Waals surface area contributed by atoms with Gasteiger partial charge in [0.15, 0.2) is 0 Å². The van der Waals surface area contributed by atoms with Gasteiger partial charge in [-0.1, -0.05) is 54.0 Å². The molecule has 3 heterocycles. The highest BCUT2D eigenvalue weighted by atomic mass is 79.9. The first-order chi connectivity index (χ1) is 16.9. The van der Waals surface area contributed by atoms with Crippen LogP contribution in [0.15, 0.2) is 59.3 Å². The quantitative estimate of drug-likeness (QED) is 0.296. The van der Waals surface area contributed by atoms with Crippen LogP contribution in [0.25, 0.3) is 33.0 Å². The molecule has 8 heteroatoms. The van der Waals surface area contributed by atoms with Crippen LogP contribution in [-0.2, 0) is 16.1 Å². The number of rotatable bonds is 8. The summed E-state index contributed by atoms with van der Waals surface area (Å²) < 4.78 is 2.79. The summed E-state index contributed by atoms with van der Waals surface area (Å²) in [4.78, 5) is 31.6. The van der Waals surface area contributed by atoms with E-state index in [-0.39, 0.29) is 0 Å². The van der Waals surface area contributed by atoms with Crippen molar-refractivity contribution in [3.63, 3.8) is 0 Å². The highest BCUT2D eigenvalue weighted by Gasteiger charge is 2.35. The molecule has 2 aromatic heterocycles. The van der Waals surface area contributed by atoms with Crippen molar-refractivity contribution in [2.75, 3.05) is 19.6 Å². The fraction of sp³-hybridized carbons (Fsp3) is 0.259. The van der Waals surface area contributed by atoms with E-state index in [9.17, 15) is 14.7 Å². The molecule has 0 spiro atoms. The molecule has 2 aromatic carbocycles. The van der Waals surface area contributed by atoms with Gasteiger partial charge in [-0.2, -0.15) is 0 Å². The number of aliphatic hydroxyl groups excluding tert-OH is 1. The Kier molecular flexibility index (Phi) is 6.35. The lowest BCUT2D eigenvalue weighted by Gasteiger charge is -2.22. The summed E-state index contributed by atoms with van der Waals surface area (Å²) in [7, 11) is 0. The second kappa shape index (κ2) is 9.45. The molecular formula is C27H27BrN4O3. The van der Waals surface area contributed by atoms with Gasteiger partial charge in [-0.3, -0.25) is 14.9 Å². The van der Waals surface area contributed by atoms with Crippen LogP contribution in [0.4, 0.5) is 0 Å². The van der Waals surface area contributed by atoms with E-state index in [2.05, 4.69) is 45.0 Å². The number of nitrogens with zero attached hydrogens (tertiary/aromatic N) is 2. The molecule has 0 fully saturated rings. The molecule has 0 saturated carbocycles. The lowest BCUT2D eigenvalue weighted by Crippen LogP contribution is -2.34. The second-order valence-corrected chi connectivity index (χ2v) is 9.60. The molecule has 5 rings (SSSR count). The number of likely N-dealkylation sites (N-methyl/N-ethyl adjacent to an activating group) is 1. The number of fused-ring (bicyclic) bond motifs is 2. The Labute approximate surface area is 211 Å². The maximum atomic E-state index is 13.2. The summed E-state index contributed by atoms with van der Waals surface area (Å²) in [6, 6.07) is 13.5. The van der Waals surface area contributed by atoms with Crippen molar-refractivity contribution in [1.29, 1.82) is 0 Å². The maximum Gasteiger partial charge on any atom is 0.259 e. The Morgan fingerprint density at radius 1 is 1.00 bits per heavy atom. The summed E-state index contributed by atoms with van der Waals surface area (Å²) >= 11 is 3.65. The topological polar surface area (TPSA) is 90.4 Å². The van der Waals surface area contributed by atoms with Crippen LogP contribution in [0.3, 0.4) is 0 Å². The summed E-state index contributed by atoms with van der Waals surface area (Å²) in [5.41, 5.74) is 3.81. The number of carbonyl (C=O) groups excluding carboxylic acids is 2. The monoisotopic (exact) mass is 534 g/mol. The molecule has 7 nitrogen and oxygen atoms in total. The number of hydrogen-bond donors (Lipinski definition) is 3. The van der Waals surface area contributed by atoms with Gasteiger partial charge in [0.2, 0.25) is 0 Å². The highest BCUT2D eigenvalue weighted by molar-refractivity contribution is 9.10. The molecule has 0 aliphatic carbocycles. The van der Waals surface area contributed by atoms with Gasteiger partial charge >= 0.3 is 0 Å². The third-order valence-corrected chi connectivity index (χ3v) is 7.35. The number of H-pyrrole nitrogens is 1. The Morgan fingerprint density at radius 3 is 2.46 bits per heavy atom. The van der Waals surface area contributed by atoms with Crippen LogP contribution in [0.5, 0.6) is 0 Å². The zero-order valence-corrected chi connectivity index (χ0v) is 21.2. The van der Waals surface area contributed by atoms with E-state index in [1.54, 1.807) is 6.20 Å². The standard InChI is InChI=1S/C27H27BrN4O3/c1-3-31(4-2)13-16(33)14-32-15-19(23-20(28)9-7-11-22(23)32)25-24(26(34)30-27(25)35)18-12-29-21-10-6-5-8-17(18)21/h5-12,15-16,29,33H,3-4,13-14H2,1-2H3,(H,30,34,35). The molecule has 1 aliphatic heterocycles. The van der Waals surface area contributed by atoms with Crippen molar-refractivity contribution in [3.05, 3.63) is 70.5 Å². The number of hydrogen-bond acceptors (Lipinski definition) is 4. The minimum atomic E-state index is -0.585. The fourth-order valence-corrected chi connectivity index (χ4v) is 5.53. The molecule has 35 heavy (non-hydrogen) atoms. The third kappa shape index (κ3) is 4.11. The summed E-state index contributed by atoms with van der Waals surface area (Å²) in [5, 5.41) is 15.0. The molecular weight excluding hydrogens is 508 g/mol. The van der Waals surface area contributed by atoms with E-state index in [1.165, 1.54) is 0 Å². The van der Waals surface area contributed by atoms with Crippen molar-refractivity contribution in [2.24, 2.45) is 0 Å². The molecule has 1 atom stereocenters. The molecule has 1 aliphatic rings. The largest absolute Gasteiger partial charge is 0.390 e. The lowest BCUT2D eigenvalue weighted by molar-refractivity contribution is -0.122. The van der Waals surface area contributed by atoms with Gasteiger partial charge < -0.3 is 19.6 Å². The van der Waals surface area contributed by atoms with Gasteiger partial charge in [0.25, 0.3) is 11.8 Å². The van der Waals surface area contributed by atoms with E-state index in [0.717, 1.165) is 39.4 Å². The van der Waals surface area contributed by atoms with Crippen molar-refractivity contribution in [1.82, 2.24) is 19.8 Å². The van der Waals surface area contributed by atoms with Crippen molar-refractivity contribution in [3.8, 4) is 0 Å². The Bertz CT molecular complexity index is 1480. The minimum Gasteiger partial charge on any atom is -0.390 e. The van der Waals surface area contributed by atoms with E-state index >= 15 is 0 Å². The minimum absolute atomic E-state index is 0.341. The molecule has 0 saturated heterocycles. The summed E-state index contributed by atoms with van der Waals surface area (Å²) in [5.74, 6) is -0.835. The maximum absolute atomic E-state index is 13.2. The number of amides is 2. The number of para-hydroxylation sites is 1. The van der Waals surface area contributed by atoms with Gasteiger partial charge in [-0.15, -0.1) is 0 Å². The predicted octanol–water partition coefficient (Wildman–Crippen LogP) is 4.16. The Hall–Kier alpha value is -3.20. The molecule has 4 aromatic rings. The normalized spacial score (nSPS) is 15.1. The number of aromatic nitrogens is 2. The van der Waals surface area contributed by atoms with Crippen LogP contribution in [0, 0.1) is 0 Å². The Balaban J connectivity index is 1.68. The molecule has 180 valence electrons. The van der Waals surface area contributed by atoms with Gasteiger partial charge in [0.1, 0.15) is 0 Å². The lowest BCUT2D eigenvalue weighted by atomic mass is 9.95. The first kappa shape index (κ1) is 23.5. The number of nitrogens with one attached hydrogen (secondary N) is 2. The van der Waals surface area contributed by atoms with Crippen molar-refractivity contribution < 1.29 is 14.7 Å². The second-order valence-electron chi connectivity index (χ2n) is 8.75. The summed E-state index contributed by atoms with van der Waals surface area (Å²) in [6.07, 6.45) is 3.07. The number of halogens is 1. The molecule has 2 amide bonds. The average Bonchev–Trinajstić information content (AvgIpc) is 3.51. The van der Waals surface area contributed by atoms with Gasteiger partial charge in [0, 0.05) is 62.9 Å². The van der Waals surface area contributed by atoms with Gasteiger partial charge in [0.05, 0.1) is 17.3 Å². The number of benzene rings is 2. The van der Waals surface area contributed by atoms with Crippen LogP contribution in [-0.4, -0.2) is 57.1 Å². The highest BCUT2D eigenvalue weighted by Crippen LogP contribution is 2.40. The average molecular weight is 535 g/mol. The third-order valence-electron chi connectivity index (χ3n) is 6.69. The van der Waals surface area contributed by atoms with Crippen molar-refractivity contribution in [2.45, 2.75) is 26.5 Å². The first-order valence-corrected chi connectivity index (χ1v) is 12.6. The van der Waals surface area contributed by atoms with Crippen molar-refractivity contribution >= 4 is 60.7 Å². The van der Waals surface area contributed by atoms with E-state index < -0.39 is 17.9 Å². The molecule has 0 bridgehead atoms. The van der Waals surface area contributed by atoms with Crippen LogP contribution < -0.4 is 5.32 Å². The SMILES string of the molecule is CCN(CC)CC(O)Cn1cc(C2=C(c3c[nH]c4ccccc34)C(=O)NC2=O)c2c(Br)cccc21. The summed E-state index contributed by atoms with van der Waals surface area (Å²) in [6.45, 7) is 6.79. The predicted molar refractivity (Wildman–Crippen MR) is 142 cm³/mol. The zero-order chi connectivity index (χ0) is 24.7. The van der Waals surface area contributed by atoms with E-state index in [1.807, 2.05) is 53.2 Å². The van der Waals surface area contributed by atoms with E-state index in [0.29, 0.717) is 35.4 Å². The smallest absolute Gasteiger partial charge is 0.259 e. The Morgan fingerprint density at radius 2 is 1.71 bits per heavy atom. The van der Waals surface area contributed by atoms with Crippen LogP contribution in [0.1, 0.15) is 25.0 Å². The first-order valence-electron chi connectivity index (χ1n) is 11.8. The zero-order valence-electron chi connectivity index (χ0n) is 19.6. The van der Waals surface area contributed by atoms with Gasteiger partial charge in [-0.25, -0.2) is 0 Å². The fourth-order valence-electron chi connectivity index (χ4n) is 4.96. The molecule has 1 unspecified atom stereocenters. The van der Waals surface area contributed by atoms with Gasteiger partial charge in [-0.05, 0) is 31.3 Å². The van der Waals surface area contributed by atoms with Crippen LogP contribution >= 0.6 is 15.9 Å². The van der Waals surface area contributed by atoms with E-state index in [4.69, 9.17) is 0 Å². The number of carbonyl (C=O) groups is 2.